The average molecular weight is 299 g/mol. The van der Waals surface area contributed by atoms with Crippen molar-refractivity contribution in [3.8, 4) is 0 Å². The molecule has 0 aliphatic carbocycles. The Morgan fingerprint density at radius 3 is 2.40 bits per heavy atom. The summed E-state index contributed by atoms with van der Waals surface area (Å²) in [7, 11) is -2.96. The molecule has 1 aromatic rings. The van der Waals surface area contributed by atoms with Crippen LogP contribution in [0.4, 0.5) is 0 Å². The molecule has 1 amide bonds. The Kier molecular flexibility index (Phi) is 4.17. The van der Waals surface area contributed by atoms with Crippen LogP contribution in [0.25, 0.3) is 0 Å². The molecule has 2 heterocycles. The molecule has 1 aromatic heterocycles. The van der Waals surface area contributed by atoms with E-state index in [0.717, 1.165) is 5.82 Å². The summed E-state index contributed by atoms with van der Waals surface area (Å²) in [5, 5.41) is 0. The van der Waals surface area contributed by atoms with Crippen molar-refractivity contribution < 1.29 is 13.2 Å². The molecule has 2 rings (SSSR count). The van der Waals surface area contributed by atoms with Crippen LogP contribution in [0.15, 0.2) is 12.4 Å². The SMILES string of the molecule is CC(C)c1nccn1C(C)C(=O)N1CCS(=O)(=O)CC1. The van der Waals surface area contributed by atoms with Gasteiger partial charge >= 0.3 is 0 Å². The molecule has 0 spiro atoms. The van der Waals surface area contributed by atoms with Gasteiger partial charge in [-0.15, -0.1) is 0 Å². The maximum absolute atomic E-state index is 12.5. The lowest BCUT2D eigenvalue weighted by Crippen LogP contribution is -2.46. The third-order valence-electron chi connectivity index (χ3n) is 3.65. The van der Waals surface area contributed by atoms with Crippen molar-refractivity contribution in [2.75, 3.05) is 24.6 Å². The minimum absolute atomic E-state index is 0.0419. The van der Waals surface area contributed by atoms with Gasteiger partial charge in [0.05, 0.1) is 11.5 Å². The van der Waals surface area contributed by atoms with Crippen LogP contribution in [0, 0.1) is 0 Å². The number of carbonyl (C=O) groups is 1. The van der Waals surface area contributed by atoms with E-state index in [1.54, 1.807) is 17.3 Å². The maximum Gasteiger partial charge on any atom is 0.245 e. The van der Waals surface area contributed by atoms with E-state index in [-0.39, 0.29) is 42.5 Å². The molecule has 1 aliphatic heterocycles. The number of hydrogen-bond acceptors (Lipinski definition) is 4. The van der Waals surface area contributed by atoms with Crippen LogP contribution in [0.2, 0.25) is 0 Å². The minimum Gasteiger partial charge on any atom is -0.339 e. The summed E-state index contributed by atoms with van der Waals surface area (Å²) < 4.78 is 24.7. The predicted molar refractivity (Wildman–Crippen MR) is 76.3 cm³/mol. The first-order valence-corrected chi connectivity index (χ1v) is 8.66. The van der Waals surface area contributed by atoms with Gasteiger partial charge < -0.3 is 9.47 Å². The molecule has 7 heteroatoms. The van der Waals surface area contributed by atoms with Crippen molar-refractivity contribution in [1.29, 1.82) is 0 Å². The topological polar surface area (TPSA) is 72.3 Å². The molecular formula is C13H21N3O3S. The highest BCUT2D eigenvalue weighted by atomic mass is 32.2. The lowest BCUT2D eigenvalue weighted by atomic mass is 10.2. The third kappa shape index (κ3) is 3.03. The van der Waals surface area contributed by atoms with Gasteiger partial charge in [0.15, 0.2) is 9.84 Å². The zero-order chi connectivity index (χ0) is 14.9. The quantitative estimate of drug-likeness (QED) is 0.828. The summed E-state index contributed by atoms with van der Waals surface area (Å²) in [6.07, 6.45) is 3.50. The van der Waals surface area contributed by atoms with Gasteiger partial charge in [-0.25, -0.2) is 13.4 Å². The Hall–Kier alpha value is -1.37. The molecule has 1 saturated heterocycles. The van der Waals surface area contributed by atoms with Crippen LogP contribution < -0.4 is 0 Å². The molecule has 1 fully saturated rings. The Morgan fingerprint density at radius 1 is 1.25 bits per heavy atom. The number of carbonyl (C=O) groups excluding carboxylic acids is 1. The highest BCUT2D eigenvalue weighted by molar-refractivity contribution is 7.91. The Labute approximate surface area is 119 Å². The van der Waals surface area contributed by atoms with Gasteiger partial charge in [-0.2, -0.15) is 0 Å². The third-order valence-corrected chi connectivity index (χ3v) is 5.25. The number of imidazole rings is 1. The van der Waals surface area contributed by atoms with Crippen molar-refractivity contribution in [3.05, 3.63) is 18.2 Å². The van der Waals surface area contributed by atoms with E-state index < -0.39 is 9.84 Å². The van der Waals surface area contributed by atoms with Crippen LogP contribution in [0.5, 0.6) is 0 Å². The highest BCUT2D eigenvalue weighted by Crippen LogP contribution is 2.19. The summed E-state index contributed by atoms with van der Waals surface area (Å²) in [6, 6.07) is -0.351. The second kappa shape index (κ2) is 5.55. The number of amides is 1. The number of nitrogens with zero attached hydrogens (tertiary/aromatic N) is 3. The summed E-state index contributed by atoms with van der Waals surface area (Å²) in [4.78, 5) is 18.4. The Morgan fingerprint density at radius 2 is 1.85 bits per heavy atom. The number of rotatable bonds is 3. The largest absolute Gasteiger partial charge is 0.339 e. The summed E-state index contributed by atoms with van der Waals surface area (Å²) in [6.45, 7) is 6.47. The first-order valence-electron chi connectivity index (χ1n) is 6.84. The molecule has 1 atom stereocenters. The molecule has 6 nitrogen and oxygen atoms in total. The van der Waals surface area contributed by atoms with E-state index >= 15 is 0 Å². The molecule has 1 unspecified atom stereocenters. The normalized spacial score (nSPS) is 20.1. The fourth-order valence-electron chi connectivity index (χ4n) is 2.42. The highest BCUT2D eigenvalue weighted by Gasteiger charge is 2.29. The van der Waals surface area contributed by atoms with Crippen LogP contribution in [-0.4, -0.2) is 53.4 Å². The number of hydrogen-bond donors (Lipinski definition) is 0. The molecule has 20 heavy (non-hydrogen) atoms. The van der Waals surface area contributed by atoms with E-state index in [2.05, 4.69) is 4.98 Å². The minimum atomic E-state index is -2.96. The van der Waals surface area contributed by atoms with Gasteiger partial charge in [0.1, 0.15) is 11.9 Å². The fourth-order valence-corrected chi connectivity index (χ4v) is 3.62. The fraction of sp³-hybridized carbons (Fsp3) is 0.692. The average Bonchev–Trinajstić information content (AvgIpc) is 2.86. The van der Waals surface area contributed by atoms with E-state index in [4.69, 9.17) is 0 Å². The molecule has 0 saturated carbocycles. The van der Waals surface area contributed by atoms with Crippen molar-refractivity contribution in [1.82, 2.24) is 14.5 Å². The van der Waals surface area contributed by atoms with Gasteiger partial charge in [-0.05, 0) is 6.92 Å². The van der Waals surface area contributed by atoms with E-state index in [0.29, 0.717) is 0 Å². The predicted octanol–water partition coefficient (Wildman–Crippen LogP) is 0.825. The van der Waals surface area contributed by atoms with Crippen molar-refractivity contribution in [2.24, 2.45) is 0 Å². The number of sulfone groups is 1. The van der Waals surface area contributed by atoms with E-state index in [9.17, 15) is 13.2 Å². The molecule has 1 aliphatic rings. The van der Waals surface area contributed by atoms with Crippen LogP contribution in [0.3, 0.4) is 0 Å². The van der Waals surface area contributed by atoms with E-state index in [1.807, 2.05) is 25.3 Å². The monoisotopic (exact) mass is 299 g/mol. The van der Waals surface area contributed by atoms with Gasteiger partial charge in [0.2, 0.25) is 5.91 Å². The van der Waals surface area contributed by atoms with Crippen molar-refractivity contribution >= 4 is 15.7 Å². The van der Waals surface area contributed by atoms with Gasteiger partial charge in [0.25, 0.3) is 0 Å². The van der Waals surface area contributed by atoms with Crippen molar-refractivity contribution in [2.45, 2.75) is 32.7 Å². The van der Waals surface area contributed by atoms with E-state index in [1.165, 1.54) is 0 Å². The van der Waals surface area contributed by atoms with Gasteiger partial charge in [-0.1, -0.05) is 13.8 Å². The molecule has 112 valence electrons. The lowest BCUT2D eigenvalue weighted by Gasteiger charge is -2.30. The zero-order valence-electron chi connectivity index (χ0n) is 12.1. The molecular weight excluding hydrogens is 278 g/mol. The standard InChI is InChI=1S/C13H21N3O3S/c1-10(2)12-14-4-5-16(12)11(3)13(17)15-6-8-20(18,19)9-7-15/h4-5,10-11H,6-9H2,1-3H3. The number of aromatic nitrogens is 2. The van der Waals surface area contributed by atoms with Crippen molar-refractivity contribution in [3.63, 3.8) is 0 Å². The molecule has 0 bridgehead atoms. The molecule has 0 radical (unpaired) electrons. The van der Waals surface area contributed by atoms with Gasteiger partial charge in [-0.3, -0.25) is 4.79 Å². The summed E-state index contributed by atoms with van der Waals surface area (Å²) in [5.74, 6) is 1.19. The zero-order valence-corrected chi connectivity index (χ0v) is 12.9. The second-order valence-corrected chi connectivity index (χ2v) is 7.80. The summed E-state index contributed by atoms with van der Waals surface area (Å²) in [5.41, 5.74) is 0. The Balaban J connectivity index is 2.11. The Bertz CT molecular complexity index is 578. The van der Waals surface area contributed by atoms with Crippen LogP contribution >= 0.6 is 0 Å². The maximum atomic E-state index is 12.5. The second-order valence-electron chi connectivity index (χ2n) is 5.50. The summed E-state index contributed by atoms with van der Waals surface area (Å²) >= 11 is 0. The lowest BCUT2D eigenvalue weighted by molar-refractivity contribution is -0.134. The first kappa shape index (κ1) is 15.0. The van der Waals surface area contributed by atoms with Gasteiger partial charge in [0, 0.05) is 31.4 Å². The van der Waals surface area contributed by atoms with Crippen LogP contribution in [-0.2, 0) is 14.6 Å². The smallest absolute Gasteiger partial charge is 0.245 e. The molecule has 0 N–H and O–H groups in total. The first-order chi connectivity index (χ1) is 9.32. The molecule has 0 aromatic carbocycles. The van der Waals surface area contributed by atoms with Crippen LogP contribution in [0.1, 0.15) is 38.6 Å².